The van der Waals surface area contributed by atoms with Gasteiger partial charge in [0.05, 0.1) is 0 Å². The smallest absolute Gasteiger partial charge is 0.311 e. The van der Waals surface area contributed by atoms with E-state index in [1.54, 1.807) is 0 Å². The molecule has 1 saturated carbocycles. The van der Waals surface area contributed by atoms with Gasteiger partial charge in [0, 0.05) is 37.5 Å². The van der Waals surface area contributed by atoms with Crippen LogP contribution in [0.3, 0.4) is 0 Å². The summed E-state index contributed by atoms with van der Waals surface area (Å²) in [6.45, 7) is 4.53. The lowest BCUT2D eigenvalue weighted by Gasteiger charge is -2.40. The molecule has 0 bridgehead atoms. The summed E-state index contributed by atoms with van der Waals surface area (Å²) in [7, 11) is 0. The maximum Gasteiger partial charge on any atom is 0.441 e. The summed E-state index contributed by atoms with van der Waals surface area (Å²) in [4.78, 5) is 2.28. The van der Waals surface area contributed by atoms with Gasteiger partial charge >= 0.3 is 5.51 Å². The van der Waals surface area contributed by atoms with Crippen molar-refractivity contribution in [1.29, 1.82) is 0 Å². The van der Waals surface area contributed by atoms with Gasteiger partial charge in [-0.15, -0.1) is 0 Å². The molecule has 0 spiro atoms. The van der Waals surface area contributed by atoms with E-state index in [1.165, 1.54) is 12.8 Å². The van der Waals surface area contributed by atoms with Gasteiger partial charge < -0.3 is 5.32 Å². The highest BCUT2D eigenvalue weighted by atomic mass is 32.2. The average molecular weight is 282 g/mol. The van der Waals surface area contributed by atoms with Crippen LogP contribution in [-0.4, -0.2) is 47.9 Å². The van der Waals surface area contributed by atoms with Crippen molar-refractivity contribution in [2.45, 2.75) is 43.8 Å². The third kappa shape index (κ3) is 4.31. The number of hydrogen-bond donors (Lipinski definition) is 1. The van der Waals surface area contributed by atoms with Crippen molar-refractivity contribution < 1.29 is 13.2 Å². The maximum absolute atomic E-state index is 12.2. The summed E-state index contributed by atoms with van der Waals surface area (Å²) in [6.07, 6.45) is 3.53. The topological polar surface area (TPSA) is 15.3 Å². The molecule has 0 aromatic heterocycles. The van der Waals surface area contributed by atoms with Gasteiger partial charge in [-0.3, -0.25) is 4.90 Å². The van der Waals surface area contributed by atoms with Crippen LogP contribution in [0.1, 0.15) is 26.2 Å². The first-order valence-corrected chi connectivity index (χ1v) is 7.66. The van der Waals surface area contributed by atoms with E-state index in [4.69, 9.17) is 0 Å². The van der Waals surface area contributed by atoms with Crippen molar-refractivity contribution >= 4 is 11.8 Å². The molecule has 2 nitrogen and oxygen atoms in total. The molecule has 2 atom stereocenters. The van der Waals surface area contributed by atoms with Crippen molar-refractivity contribution in [3.05, 3.63) is 0 Å². The van der Waals surface area contributed by atoms with Crippen molar-refractivity contribution in [1.82, 2.24) is 10.2 Å². The van der Waals surface area contributed by atoms with E-state index in [2.05, 4.69) is 17.1 Å². The van der Waals surface area contributed by atoms with Crippen LogP contribution in [0.2, 0.25) is 0 Å². The zero-order valence-electron chi connectivity index (χ0n) is 10.7. The Morgan fingerprint density at radius 1 is 1.33 bits per heavy atom. The lowest BCUT2D eigenvalue weighted by molar-refractivity contribution is -0.0329. The first-order chi connectivity index (χ1) is 8.49. The average Bonchev–Trinajstić information content (AvgIpc) is 3.11. The fraction of sp³-hybridized carbons (Fsp3) is 1.00. The van der Waals surface area contributed by atoms with Crippen LogP contribution in [0.25, 0.3) is 0 Å². The largest absolute Gasteiger partial charge is 0.441 e. The van der Waals surface area contributed by atoms with Gasteiger partial charge in [0.15, 0.2) is 0 Å². The quantitative estimate of drug-likeness (QED) is 0.834. The van der Waals surface area contributed by atoms with E-state index in [1.807, 2.05) is 0 Å². The van der Waals surface area contributed by atoms with Gasteiger partial charge in [-0.2, -0.15) is 13.2 Å². The second-order valence-corrected chi connectivity index (χ2v) is 6.37. The van der Waals surface area contributed by atoms with Crippen molar-refractivity contribution in [2.75, 3.05) is 25.4 Å². The Balaban J connectivity index is 1.81. The molecule has 6 heteroatoms. The molecule has 0 amide bonds. The molecule has 0 aromatic rings. The minimum Gasteiger partial charge on any atom is -0.311 e. The Bertz CT molecular complexity index is 269. The van der Waals surface area contributed by atoms with Crippen LogP contribution < -0.4 is 5.32 Å². The normalized spacial score (nSPS) is 30.7. The van der Waals surface area contributed by atoms with Crippen molar-refractivity contribution in [3.8, 4) is 0 Å². The van der Waals surface area contributed by atoms with Gasteiger partial charge in [-0.05, 0) is 36.9 Å². The van der Waals surface area contributed by atoms with Crippen LogP contribution in [-0.2, 0) is 0 Å². The minimum atomic E-state index is -4.09. The van der Waals surface area contributed by atoms with E-state index in [9.17, 15) is 13.2 Å². The molecule has 2 fully saturated rings. The van der Waals surface area contributed by atoms with Crippen molar-refractivity contribution in [3.63, 3.8) is 0 Å². The number of nitrogens with zero attached hydrogens (tertiary/aromatic N) is 1. The Morgan fingerprint density at radius 2 is 2.06 bits per heavy atom. The van der Waals surface area contributed by atoms with Crippen LogP contribution in [0.15, 0.2) is 0 Å². The Morgan fingerprint density at radius 3 is 2.61 bits per heavy atom. The summed E-state index contributed by atoms with van der Waals surface area (Å²) in [5, 5.41) is 3.51. The molecule has 1 heterocycles. The highest BCUT2D eigenvalue weighted by molar-refractivity contribution is 8.00. The summed E-state index contributed by atoms with van der Waals surface area (Å²) in [5.74, 6) is 0.870. The summed E-state index contributed by atoms with van der Waals surface area (Å²) < 4.78 is 36.5. The number of piperazine rings is 1. The standard InChI is InChI=1S/C12H21F3N2S/c1-2-10-8-17(5-6-18-12(13,14)15)11(7-16-10)9-3-4-9/h9-11,16H,2-8H2,1H3. The van der Waals surface area contributed by atoms with E-state index < -0.39 is 5.51 Å². The Hall–Kier alpha value is 0.0600. The van der Waals surface area contributed by atoms with Gasteiger partial charge in [0.2, 0.25) is 0 Å². The molecular formula is C12H21F3N2S. The number of rotatable bonds is 5. The molecule has 2 rings (SSSR count). The molecular weight excluding hydrogens is 261 g/mol. The number of hydrogen-bond acceptors (Lipinski definition) is 3. The first-order valence-electron chi connectivity index (χ1n) is 6.67. The molecule has 1 saturated heterocycles. The number of nitrogens with one attached hydrogen (secondary N) is 1. The summed E-state index contributed by atoms with van der Waals surface area (Å²) in [5.41, 5.74) is -4.09. The second kappa shape index (κ2) is 6.01. The molecule has 2 unspecified atom stereocenters. The fourth-order valence-corrected chi connectivity index (χ4v) is 3.21. The van der Waals surface area contributed by atoms with Gasteiger partial charge in [0.1, 0.15) is 0 Å². The first kappa shape index (κ1) is 14.5. The van der Waals surface area contributed by atoms with E-state index in [0.717, 1.165) is 19.5 Å². The SMILES string of the molecule is CCC1CN(CCSC(F)(F)F)C(C2CC2)CN1. The molecule has 106 valence electrons. The number of alkyl halides is 3. The van der Waals surface area contributed by atoms with Crippen LogP contribution >= 0.6 is 11.8 Å². The summed E-state index contributed by atoms with van der Waals surface area (Å²) >= 11 is 0.108. The molecule has 18 heavy (non-hydrogen) atoms. The zero-order valence-corrected chi connectivity index (χ0v) is 11.5. The van der Waals surface area contributed by atoms with E-state index >= 15 is 0 Å². The van der Waals surface area contributed by atoms with Crippen LogP contribution in [0, 0.1) is 5.92 Å². The molecule has 0 radical (unpaired) electrons. The predicted molar refractivity (Wildman–Crippen MR) is 68.7 cm³/mol. The van der Waals surface area contributed by atoms with Crippen LogP contribution in [0.5, 0.6) is 0 Å². The number of thioether (sulfide) groups is 1. The van der Waals surface area contributed by atoms with Gasteiger partial charge in [0.25, 0.3) is 0 Å². The molecule has 1 N–H and O–H groups in total. The zero-order chi connectivity index (χ0) is 13.2. The number of halogens is 3. The van der Waals surface area contributed by atoms with Gasteiger partial charge in [-0.25, -0.2) is 0 Å². The lowest BCUT2D eigenvalue weighted by Crippen LogP contribution is -2.57. The second-order valence-electron chi connectivity index (χ2n) is 5.21. The highest BCUT2D eigenvalue weighted by Crippen LogP contribution is 2.37. The van der Waals surface area contributed by atoms with Gasteiger partial charge in [-0.1, -0.05) is 6.92 Å². The van der Waals surface area contributed by atoms with E-state index in [-0.39, 0.29) is 17.5 Å². The lowest BCUT2D eigenvalue weighted by atomic mass is 10.0. The molecule has 0 aromatic carbocycles. The molecule has 1 aliphatic carbocycles. The Labute approximate surface area is 111 Å². The fourth-order valence-electron chi connectivity index (χ4n) is 2.65. The molecule has 2 aliphatic rings. The Kier molecular flexibility index (Phi) is 4.83. The monoisotopic (exact) mass is 282 g/mol. The highest BCUT2D eigenvalue weighted by Gasteiger charge is 2.38. The molecule has 1 aliphatic heterocycles. The van der Waals surface area contributed by atoms with Crippen LogP contribution in [0.4, 0.5) is 13.2 Å². The minimum absolute atomic E-state index is 0.108. The predicted octanol–water partition coefficient (Wildman–Crippen LogP) is 2.70. The third-order valence-corrected chi connectivity index (χ3v) is 4.56. The van der Waals surface area contributed by atoms with E-state index in [0.29, 0.717) is 24.5 Å². The third-order valence-electron chi connectivity index (χ3n) is 3.84. The summed E-state index contributed by atoms with van der Waals surface area (Å²) in [6, 6.07) is 0.900. The maximum atomic E-state index is 12.2. The van der Waals surface area contributed by atoms with Crippen molar-refractivity contribution in [2.24, 2.45) is 5.92 Å².